The summed E-state index contributed by atoms with van der Waals surface area (Å²) in [5, 5.41) is 2.85. The monoisotopic (exact) mass is 244 g/mol. The third-order valence-electron chi connectivity index (χ3n) is 2.71. The predicted molar refractivity (Wildman–Crippen MR) is 68.2 cm³/mol. The molecule has 0 aliphatic heterocycles. The van der Waals surface area contributed by atoms with Crippen molar-refractivity contribution in [1.29, 1.82) is 0 Å². The molecule has 2 aromatic rings. The van der Waals surface area contributed by atoms with Crippen LogP contribution >= 0.6 is 0 Å². The molecule has 18 heavy (non-hydrogen) atoms. The quantitative estimate of drug-likeness (QED) is 0.899. The molecule has 0 aromatic carbocycles. The van der Waals surface area contributed by atoms with Crippen LogP contribution in [0.5, 0.6) is 0 Å². The second-order valence-electron chi connectivity index (χ2n) is 4.07. The van der Waals surface area contributed by atoms with Crippen LogP contribution in [0.1, 0.15) is 41.9 Å². The highest BCUT2D eigenvalue weighted by Crippen LogP contribution is 2.12. The number of carbonyl (C=O) groups is 1. The minimum Gasteiger partial charge on any atom is -0.456 e. The van der Waals surface area contributed by atoms with Crippen LogP contribution in [0, 0.1) is 0 Å². The van der Waals surface area contributed by atoms with E-state index in [1.54, 1.807) is 12.3 Å². The Hall–Kier alpha value is -2.10. The van der Waals surface area contributed by atoms with E-state index >= 15 is 0 Å². The first-order valence-electron chi connectivity index (χ1n) is 6.01. The SMILES string of the molecule is CCc1ccc(C(=O)NC(C)c2ccccn2)o1. The molecule has 0 aliphatic rings. The van der Waals surface area contributed by atoms with Gasteiger partial charge in [0.25, 0.3) is 5.91 Å². The Morgan fingerprint density at radius 2 is 2.22 bits per heavy atom. The fourth-order valence-electron chi connectivity index (χ4n) is 1.66. The molecule has 0 fully saturated rings. The van der Waals surface area contributed by atoms with Gasteiger partial charge in [-0.15, -0.1) is 0 Å². The maximum absolute atomic E-state index is 11.9. The van der Waals surface area contributed by atoms with Gasteiger partial charge in [0.1, 0.15) is 5.76 Å². The Kier molecular flexibility index (Phi) is 3.77. The van der Waals surface area contributed by atoms with Crippen LogP contribution in [-0.2, 0) is 6.42 Å². The van der Waals surface area contributed by atoms with Crippen molar-refractivity contribution in [2.75, 3.05) is 0 Å². The van der Waals surface area contributed by atoms with Gasteiger partial charge in [-0.05, 0) is 31.2 Å². The van der Waals surface area contributed by atoms with Crippen LogP contribution in [0.15, 0.2) is 40.9 Å². The van der Waals surface area contributed by atoms with E-state index in [0.29, 0.717) is 5.76 Å². The van der Waals surface area contributed by atoms with Gasteiger partial charge >= 0.3 is 0 Å². The molecule has 2 aromatic heterocycles. The fraction of sp³-hybridized carbons (Fsp3) is 0.286. The highest BCUT2D eigenvalue weighted by Gasteiger charge is 2.14. The highest BCUT2D eigenvalue weighted by molar-refractivity contribution is 5.91. The predicted octanol–water partition coefficient (Wildman–Crippen LogP) is 2.73. The number of furan rings is 1. The van der Waals surface area contributed by atoms with E-state index in [1.165, 1.54) is 0 Å². The van der Waals surface area contributed by atoms with Crippen LogP contribution in [0.4, 0.5) is 0 Å². The van der Waals surface area contributed by atoms with Crippen LogP contribution < -0.4 is 5.32 Å². The first kappa shape index (κ1) is 12.4. The minimum absolute atomic E-state index is 0.145. The van der Waals surface area contributed by atoms with E-state index < -0.39 is 0 Å². The van der Waals surface area contributed by atoms with Gasteiger partial charge in [-0.2, -0.15) is 0 Å². The number of pyridine rings is 1. The van der Waals surface area contributed by atoms with Gasteiger partial charge in [-0.1, -0.05) is 13.0 Å². The summed E-state index contributed by atoms with van der Waals surface area (Å²) >= 11 is 0. The number of nitrogens with zero attached hydrogens (tertiary/aromatic N) is 1. The number of rotatable bonds is 4. The molecule has 4 heteroatoms. The Labute approximate surface area is 106 Å². The van der Waals surface area contributed by atoms with E-state index in [2.05, 4.69) is 10.3 Å². The molecule has 0 saturated heterocycles. The van der Waals surface area contributed by atoms with Crippen molar-refractivity contribution in [3.05, 3.63) is 53.7 Å². The number of hydrogen-bond donors (Lipinski definition) is 1. The third kappa shape index (κ3) is 2.77. The van der Waals surface area contributed by atoms with E-state index in [1.807, 2.05) is 38.1 Å². The van der Waals surface area contributed by atoms with Crippen LogP contribution in [0.25, 0.3) is 0 Å². The molecule has 0 bridgehead atoms. The van der Waals surface area contributed by atoms with Gasteiger partial charge in [0.05, 0.1) is 11.7 Å². The van der Waals surface area contributed by atoms with Gasteiger partial charge in [0, 0.05) is 12.6 Å². The largest absolute Gasteiger partial charge is 0.456 e. The lowest BCUT2D eigenvalue weighted by atomic mass is 10.2. The number of amides is 1. The van der Waals surface area contributed by atoms with Crippen molar-refractivity contribution in [1.82, 2.24) is 10.3 Å². The molecule has 0 radical (unpaired) electrons. The maximum Gasteiger partial charge on any atom is 0.287 e. The summed E-state index contributed by atoms with van der Waals surface area (Å²) in [5.74, 6) is 0.938. The second-order valence-corrected chi connectivity index (χ2v) is 4.07. The lowest BCUT2D eigenvalue weighted by molar-refractivity contribution is 0.0909. The molecular formula is C14H16N2O2. The van der Waals surface area contributed by atoms with Crippen LogP contribution in [0.3, 0.4) is 0 Å². The first-order chi connectivity index (χ1) is 8.70. The van der Waals surface area contributed by atoms with Gasteiger partial charge in [0.15, 0.2) is 5.76 Å². The molecule has 2 heterocycles. The number of hydrogen-bond acceptors (Lipinski definition) is 3. The Balaban J connectivity index is 2.03. The first-order valence-corrected chi connectivity index (χ1v) is 6.01. The molecular weight excluding hydrogens is 228 g/mol. The smallest absolute Gasteiger partial charge is 0.287 e. The number of carbonyl (C=O) groups excluding carboxylic acids is 1. The number of aromatic nitrogens is 1. The van der Waals surface area contributed by atoms with Crippen molar-refractivity contribution < 1.29 is 9.21 Å². The van der Waals surface area contributed by atoms with Crippen molar-refractivity contribution in [2.45, 2.75) is 26.3 Å². The number of aryl methyl sites for hydroxylation is 1. The summed E-state index contributed by atoms with van der Waals surface area (Å²) < 4.78 is 5.40. The van der Waals surface area contributed by atoms with Crippen molar-refractivity contribution in [2.24, 2.45) is 0 Å². The molecule has 4 nitrogen and oxygen atoms in total. The Morgan fingerprint density at radius 1 is 1.39 bits per heavy atom. The van der Waals surface area contributed by atoms with Gasteiger partial charge in [-0.3, -0.25) is 9.78 Å². The van der Waals surface area contributed by atoms with Gasteiger partial charge in [0.2, 0.25) is 0 Å². The molecule has 0 saturated carbocycles. The molecule has 0 aliphatic carbocycles. The zero-order valence-electron chi connectivity index (χ0n) is 10.5. The summed E-state index contributed by atoms with van der Waals surface area (Å²) in [7, 11) is 0. The number of nitrogens with one attached hydrogen (secondary N) is 1. The third-order valence-corrected chi connectivity index (χ3v) is 2.71. The average molecular weight is 244 g/mol. The molecule has 1 amide bonds. The summed E-state index contributed by atoms with van der Waals surface area (Å²) in [6.07, 6.45) is 2.49. The standard InChI is InChI=1S/C14H16N2O2/c1-3-11-7-8-13(18-11)14(17)16-10(2)12-6-4-5-9-15-12/h4-10H,3H2,1-2H3,(H,16,17). The van der Waals surface area contributed by atoms with E-state index in [0.717, 1.165) is 17.9 Å². The molecule has 0 spiro atoms. The Bertz CT molecular complexity index is 520. The fourth-order valence-corrected chi connectivity index (χ4v) is 1.66. The Morgan fingerprint density at radius 3 is 2.83 bits per heavy atom. The van der Waals surface area contributed by atoms with E-state index in [-0.39, 0.29) is 11.9 Å². The topological polar surface area (TPSA) is 55.1 Å². The van der Waals surface area contributed by atoms with Crippen LogP contribution in [0.2, 0.25) is 0 Å². The average Bonchev–Trinajstić information content (AvgIpc) is 2.88. The summed E-state index contributed by atoms with van der Waals surface area (Å²) in [4.78, 5) is 16.1. The molecule has 94 valence electrons. The van der Waals surface area contributed by atoms with Crippen molar-refractivity contribution in [3.8, 4) is 0 Å². The minimum atomic E-state index is -0.215. The lowest BCUT2D eigenvalue weighted by Gasteiger charge is -2.11. The molecule has 1 N–H and O–H groups in total. The van der Waals surface area contributed by atoms with Crippen molar-refractivity contribution in [3.63, 3.8) is 0 Å². The zero-order valence-corrected chi connectivity index (χ0v) is 10.5. The van der Waals surface area contributed by atoms with Gasteiger partial charge in [-0.25, -0.2) is 0 Å². The lowest BCUT2D eigenvalue weighted by Crippen LogP contribution is -2.26. The normalized spacial score (nSPS) is 12.1. The second kappa shape index (κ2) is 5.49. The van der Waals surface area contributed by atoms with Gasteiger partial charge < -0.3 is 9.73 Å². The maximum atomic E-state index is 11.9. The van der Waals surface area contributed by atoms with E-state index in [9.17, 15) is 4.79 Å². The van der Waals surface area contributed by atoms with E-state index in [4.69, 9.17) is 4.42 Å². The zero-order chi connectivity index (χ0) is 13.0. The summed E-state index contributed by atoms with van der Waals surface area (Å²) in [6.45, 7) is 3.88. The molecule has 1 unspecified atom stereocenters. The van der Waals surface area contributed by atoms with Crippen LogP contribution in [-0.4, -0.2) is 10.9 Å². The molecule has 2 rings (SSSR count). The van der Waals surface area contributed by atoms with Crippen molar-refractivity contribution >= 4 is 5.91 Å². The summed E-state index contributed by atoms with van der Waals surface area (Å²) in [6, 6.07) is 8.99. The molecule has 1 atom stereocenters. The summed E-state index contributed by atoms with van der Waals surface area (Å²) in [5.41, 5.74) is 0.827. The highest BCUT2D eigenvalue weighted by atomic mass is 16.3.